The fourth-order valence-electron chi connectivity index (χ4n) is 1.60. The molecule has 0 spiro atoms. The Balaban J connectivity index is 2.06. The van der Waals surface area contributed by atoms with E-state index in [9.17, 15) is 0 Å². The molecule has 0 saturated carbocycles. The minimum absolute atomic E-state index is 0.534. The first kappa shape index (κ1) is 12.0. The van der Waals surface area contributed by atoms with Crippen LogP contribution in [0.5, 0.6) is 0 Å². The Morgan fingerprint density at radius 1 is 1.39 bits per heavy atom. The molecule has 0 aliphatic rings. The lowest BCUT2D eigenvalue weighted by molar-refractivity contribution is 0.896. The number of aromatic nitrogens is 4. The molecule has 0 atom stereocenters. The second kappa shape index (κ2) is 5.27. The normalized spacial score (nSPS) is 10.1. The number of hydrogen-bond donors (Lipinski definition) is 2. The van der Waals surface area contributed by atoms with E-state index in [-0.39, 0.29) is 0 Å². The van der Waals surface area contributed by atoms with Crippen LogP contribution >= 0.6 is 0 Å². The summed E-state index contributed by atoms with van der Waals surface area (Å²) in [5.41, 5.74) is 2.21. The maximum atomic E-state index is 9.13. The highest BCUT2D eigenvalue weighted by Gasteiger charge is 2.10. The zero-order valence-corrected chi connectivity index (χ0v) is 10.4. The quantitative estimate of drug-likeness (QED) is 0.844. The summed E-state index contributed by atoms with van der Waals surface area (Å²) in [6.45, 7) is 4.37. The van der Waals surface area contributed by atoms with Crippen molar-refractivity contribution in [2.75, 3.05) is 11.9 Å². The van der Waals surface area contributed by atoms with E-state index in [4.69, 9.17) is 5.26 Å². The monoisotopic (exact) mass is 242 g/mol. The SMILES string of the molecule is Cc1nnc(NCCc2ncc[nH]2)c(C#N)c1C. The Kier molecular flexibility index (Phi) is 3.53. The highest BCUT2D eigenvalue weighted by Crippen LogP contribution is 2.16. The summed E-state index contributed by atoms with van der Waals surface area (Å²) in [7, 11) is 0. The van der Waals surface area contributed by atoms with Gasteiger partial charge >= 0.3 is 0 Å². The number of anilines is 1. The number of imidazole rings is 1. The van der Waals surface area contributed by atoms with Crippen molar-refractivity contribution in [3.63, 3.8) is 0 Å². The van der Waals surface area contributed by atoms with Crippen LogP contribution in [-0.4, -0.2) is 26.7 Å². The number of H-pyrrole nitrogens is 1. The molecule has 0 aromatic carbocycles. The molecule has 0 unspecified atom stereocenters. The Labute approximate surface area is 105 Å². The lowest BCUT2D eigenvalue weighted by Crippen LogP contribution is -2.11. The zero-order valence-electron chi connectivity index (χ0n) is 10.4. The van der Waals surface area contributed by atoms with Gasteiger partial charge in [-0.25, -0.2) is 4.98 Å². The van der Waals surface area contributed by atoms with Gasteiger partial charge in [-0.2, -0.15) is 10.4 Å². The molecule has 2 heterocycles. The molecule has 6 nitrogen and oxygen atoms in total. The van der Waals surface area contributed by atoms with Crippen molar-refractivity contribution in [1.82, 2.24) is 20.2 Å². The van der Waals surface area contributed by atoms with Crippen LogP contribution in [0.3, 0.4) is 0 Å². The van der Waals surface area contributed by atoms with Crippen molar-refractivity contribution in [2.24, 2.45) is 0 Å². The van der Waals surface area contributed by atoms with Crippen LogP contribution in [0.4, 0.5) is 5.82 Å². The van der Waals surface area contributed by atoms with Crippen molar-refractivity contribution >= 4 is 5.82 Å². The number of hydrogen-bond acceptors (Lipinski definition) is 5. The average Bonchev–Trinajstić information content (AvgIpc) is 2.87. The molecule has 6 heteroatoms. The third-order valence-electron chi connectivity index (χ3n) is 2.78. The Morgan fingerprint density at radius 3 is 2.89 bits per heavy atom. The summed E-state index contributed by atoms with van der Waals surface area (Å²) >= 11 is 0. The van der Waals surface area contributed by atoms with Crippen LogP contribution in [-0.2, 0) is 6.42 Å². The molecule has 92 valence electrons. The minimum Gasteiger partial charge on any atom is -0.367 e. The van der Waals surface area contributed by atoms with Gasteiger partial charge in [-0.05, 0) is 19.4 Å². The van der Waals surface area contributed by atoms with Crippen LogP contribution in [0.15, 0.2) is 12.4 Å². The number of nitriles is 1. The van der Waals surface area contributed by atoms with E-state index < -0.39 is 0 Å². The highest BCUT2D eigenvalue weighted by molar-refractivity contribution is 5.55. The van der Waals surface area contributed by atoms with Gasteiger partial charge in [0.2, 0.25) is 0 Å². The van der Waals surface area contributed by atoms with E-state index in [1.165, 1.54) is 0 Å². The van der Waals surface area contributed by atoms with Crippen molar-refractivity contribution in [1.29, 1.82) is 5.26 Å². The van der Waals surface area contributed by atoms with Crippen LogP contribution < -0.4 is 5.32 Å². The summed E-state index contributed by atoms with van der Waals surface area (Å²) < 4.78 is 0. The molecule has 2 rings (SSSR count). The zero-order chi connectivity index (χ0) is 13.0. The Hall–Kier alpha value is -2.42. The van der Waals surface area contributed by atoms with E-state index in [1.54, 1.807) is 12.4 Å². The summed E-state index contributed by atoms with van der Waals surface area (Å²) in [6, 6.07) is 2.16. The van der Waals surface area contributed by atoms with Crippen LogP contribution in [0.2, 0.25) is 0 Å². The lowest BCUT2D eigenvalue weighted by Gasteiger charge is -2.08. The second-order valence-electron chi connectivity index (χ2n) is 3.96. The standard InChI is InChI=1S/C12H14N6/c1-8-9(2)17-18-12(10(8)7-13)16-4-3-11-14-5-6-15-11/h5-6H,3-4H2,1-2H3,(H,14,15)(H,16,18). The molecule has 2 N–H and O–H groups in total. The molecular weight excluding hydrogens is 228 g/mol. The molecule has 18 heavy (non-hydrogen) atoms. The van der Waals surface area contributed by atoms with Crippen LogP contribution in [0, 0.1) is 25.2 Å². The summed E-state index contributed by atoms with van der Waals surface area (Å²) in [5, 5.41) is 20.3. The Bertz CT molecular complexity index is 567. The molecule has 0 aliphatic carbocycles. The number of nitrogens with one attached hydrogen (secondary N) is 2. The molecule has 0 amide bonds. The lowest BCUT2D eigenvalue weighted by atomic mass is 10.1. The number of aromatic amines is 1. The first-order valence-corrected chi connectivity index (χ1v) is 5.68. The largest absolute Gasteiger partial charge is 0.367 e. The van der Waals surface area contributed by atoms with Gasteiger partial charge in [0.15, 0.2) is 5.82 Å². The second-order valence-corrected chi connectivity index (χ2v) is 3.96. The van der Waals surface area contributed by atoms with Crippen LogP contribution in [0.1, 0.15) is 22.6 Å². The van der Waals surface area contributed by atoms with Gasteiger partial charge in [0.25, 0.3) is 0 Å². The van der Waals surface area contributed by atoms with Crippen LogP contribution in [0.25, 0.3) is 0 Å². The van der Waals surface area contributed by atoms with Gasteiger partial charge in [0, 0.05) is 25.4 Å². The number of nitrogens with zero attached hydrogens (tertiary/aromatic N) is 4. The summed E-state index contributed by atoms with van der Waals surface area (Å²) in [4.78, 5) is 7.15. The molecule has 0 saturated heterocycles. The third kappa shape index (κ3) is 2.46. The first-order chi connectivity index (χ1) is 8.72. The first-order valence-electron chi connectivity index (χ1n) is 5.68. The van der Waals surface area contributed by atoms with Gasteiger partial charge in [-0.1, -0.05) is 0 Å². The van der Waals surface area contributed by atoms with E-state index in [2.05, 4.69) is 31.6 Å². The summed E-state index contributed by atoms with van der Waals surface area (Å²) in [5.74, 6) is 1.44. The molecule has 2 aromatic heterocycles. The molecule has 0 bridgehead atoms. The summed E-state index contributed by atoms with van der Waals surface area (Å²) in [6.07, 6.45) is 4.24. The van der Waals surface area contributed by atoms with Gasteiger partial charge < -0.3 is 10.3 Å². The molecule has 0 radical (unpaired) electrons. The van der Waals surface area contributed by atoms with Crippen molar-refractivity contribution in [3.8, 4) is 6.07 Å². The van der Waals surface area contributed by atoms with Gasteiger partial charge in [-0.3, -0.25) is 0 Å². The van der Waals surface area contributed by atoms with E-state index >= 15 is 0 Å². The van der Waals surface area contributed by atoms with Gasteiger partial charge in [-0.15, -0.1) is 5.10 Å². The fraction of sp³-hybridized carbons (Fsp3) is 0.333. The van der Waals surface area contributed by atoms with Gasteiger partial charge in [0.1, 0.15) is 17.5 Å². The molecule has 0 aliphatic heterocycles. The maximum Gasteiger partial charge on any atom is 0.166 e. The van der Waals surface area contributed by atoms with Gasteiger partial charge in [0.05, 0.1) is 5.69 Å². The van der Waals surface area contributed by atoms with E-state index in [1.807, 2.05) is 13.8 Å². The predicted molar refractivity (Wildman–Crippen MR) is 67.0 cm³/mol. The topological polar surface area (TPSA) is 90.3 Å². The Morgan fingerprint density at radius 2 is 2.22 bits per heavy atom. The smallest absolute Gasteiger partial charge is 0.166 e. The van der Waals surface area contributed by atoms with E-state index in [0.29, 0.717) is 17.9 Å². The third-order valence-corrected chi connectivity index (χ3v) is 2.78. The minimum atomic E-state index is 0.534. The predicted octanol–water partition coefficient (Wildman–Crippen LogP) is 1.34. The fourth-order valence-corrected chi connectivity index (χ4v) is 1.60. The number of aryl methyl sites for hydroxylation is 1. The van der Waals surface area contributed by atoms with Crippen molar-refractivity contribution < 1.29 is 0 Å². The molecule has 2 aromatic rings. The molecule has 0 fully saturated rings. The van der Waals surface area contributed by atoms with Crippen molar-refractivity contribution in [2.45, 2.75) is 20.3 Å². The maximum absolute atomic E-state index is 9.13. The average molecular weight is 242 g/mol. The molecular formula is C12H14N6. The van der Waals surface area contributed by atoms with Crippen molar-refractivity contribution in [3.05, 3.63) is 35.0 Å². The highest BCUT2D eigenvalue weighted by atomic mass is 15.2. The number of rotatable bonds is 4. The van der Waals surface area contributed by atoms with E-state index in [0.717, 1.165) is 23.5 Å².